The first-order chi connectivity index (χ1) is 7.22. The van der Waals surface area contributed by atoms with Crippen molar-refractivity contribution >= 4 is 11.8 Å². The van der Waals surface area contributed by atoms with Crippen LogP contribution in [-0.4, -0.2) is 24.1 Å². The Kier molecular flexibility index (Phi) is 6.74. The van der Waals surface area contributed by atoms with Crippen LogP contribution in [0.25, 0.3) is 0 Å². The van der Waals surface area contributed by atoms with Crippen LogP contribution in [-0.2, 0) is 0 Å². The molecule has 2 heteroatoms. The van der Waals surface area contributed by atoms with E-state index in [9.17, 15) is 0 Å². The molecule has 1 saturated carbocycles. The fourth-order valence-electron chi connectivity index (χ4n) is 2.31. The van der Waals surface area contributed by atoms with Gasteiger partial charge in [0.1, 0.15) is 0 Å². The normalized spacial score (nSPS) is 29.0. The maximum atomic E-state index is 3.30. The molecule has 0 aliphatic heterocycles. The van der Waals surface area contributed by atoms with Crippen LogP contribution in [0, 0.1) is 5.92 Å². The molecule has 1 aliphatic carbocycles. The van der Waals surface area contributed by atoms with Gasteiger partial charge in [-0.3, -0.25) is 0 Å². The summed E-state index contributed by atoms with van der Waals surface area (Å²) in [6.07, 6.45) is 8.56. The molecule has 0 radical (unpaired) electrons. The molecule has 15 heavy (non-hydrogen) atoms. The monoisotopic (exact) mass is 229 g/mol. The molecular formula is C13H27NS. The molecule has 90 valence electrons. The van der Waals surface area contributed by atoms with Crippen molar-refractivity contribution in [1.82, 2.24) is 5.32 Å². The minimum Gasteiger partial charge on any atom is -0.317 e. The van der Waals surface area contributed by atoms with Crippen LogP contribution in [0.5, 0.6) is 0 Å². The smallest absolute Gasteiger partial charge is 0.00495 e. The average Bonchev–Trinajstić information content (AvgIpc) is 2.24. The second-order valence-electron chi connectivity index (χ2n) is 5.10. The van der Waals surface area contributed by atoms with E-state index in [1.54, 1.807) is 0 Å². The van der Waals surface area contributed by atoms with Crippen molar-refractivity contribution in [1.29, 1.82) is 0 Å². The van der Waals surface area contributed by atoms with Crippen LogP contribution in [0.15, 0.2) is 0 Å². The van der Waals surface area contributed by atoms with Gasteiger partial charge in [0, 0.05) is 11.3 Å². The Morgan fingerprint density at radius 2 is 2.20 bits per heavy atom. The van der Waals surface area contributed by atoms with Crippen LogP contribution < -0.4 is 5.32 Å². The molecule has 0 aromatic rings. The van der Waals surface area contributed by atoms with Gasteiger partial charge in [-0.25, -0.2) is 0 Å². The molecular weight excluding hydrogens is 202 g/mol. The van der Waals surface area contributed by atoms with Gasteiger partial charge in [0.15, 0.2) is 0 Å². The average molecular weight is 229 g/mol. The summed E-state index contributed by atoms with van der Waals surface area (Å²) in [6, 6.07) is 0.691. The highest BCUT2D eigenvalue weighted by molar-refractivity contribution is 7.99. The molecule has 0 saturated heterocycles. The van der Waals surface area contributed by atoms with Crippen molar-refractivity contribution in [2.24, 2.45) is 5.92 Å². The largest absolute Gasteiger partial charge is 0.317 e. The minimum absolute atomic E-state index is 0.691. The van der Waals surface area contributed by atoms with Crippen LogP contribution in [0.4, 0.5) is 0 Å². The van der Waals surface area contributed by atoms with Crippen LogP contribution in [0.3, 0.4) is 0 Å². The van der Waals surface area contributed by atoms with Crippen molar-refractivity contribution in [2.45, 2.75) is 63.7 Å². The number of hydrogen-bond donors (Lipinski definition) is 1. The van der Waals surface area contributed by atoms with Gasteiger partial charge in [0.05, 0.1) is 0 Å². The molecule has 1 fully saturated rings. The van der Waals surface area contributed by atoms with E-state index in [2.05, 4.69) is 38.0 Å². The maximum absolute atomic E-state index is 3.30. The highest BCUT2D eigenvalue weighted by atomic mass is 32.2. The zero-order valence-corrected chi connectivity index (χ0v) is 11.4. The summed E-state index contributed by atoms with van der Waals surface area (Å²) in [5.74, 6) is 2.34. The van der Waals surface area contributed by atoms with E-state index in [4.69, 9.17) is 0 Å². The summed E-state index contributed by atoms with van der Waals surface area (Å²) in [7, 11) is 2.06. The Labute approximate surface area is 99.8 Å². The highest BCUT2D eigenvalue weighted by Gasteiger charge is 2.18. The number of nitrogens with one attached hydrogen (secondary N) is 1. The third-order valence-electron chi connectivity index (χ3n) is 3.52. The van der Waals surface area contributed by atoms with E-state index in [1.165, 1.54) is 44.3 Å². The van der Waals surface area contributed by atoms with E-state index in [0.29, 0.717) is 6.04 Å². The summed E-state index contributed by atoms with van der Waals surface area (Å²) in [4.78, 5) is 0. The van der Waals surface area contributed by atoms with Gasteiger partial charge in [0.25, 0.3) is 0 Å². The first-order valence-corrected chi connectivity index (χ1v) is 7.56. The lowest BCUT2D eigenvalue weighted by Gasteiger charge is -2.26. The lowest BCUT2D eigenvalue weighted by molar-refractivity contribution is 0.394. The van der Waals surface area contributed by atoms with Gasteiger partial charge in [-0.2, -0.15) is 11.8 Å². The van der Waals surface area contributed by atoms with Gasteiger partial charge >= 0.3 is 0 Å². The predicted octanol–water partition coefficient (Wildman–Crippen LogP) is 3.69. The summed E-state index contributed by atoms with van der Waals surface area (Å²) < 4.78 is 0. The quantitative estimate of drug-likeness (QED) is 0.697. The molecule has 0 spiro atoms. The summed E-state index contributed by atoms with van der Waals surface area (Å²) >= 11 is 2.23. The third-order valence-corrected chi connectivity index (χ3v) is 4.94. The second kappa shape index (κ2) is 7.56. The van der Waals surface area contributed by atoms with Crippen molar-refractivity contribution in [3.63, 3.8) is 0 Å². The first-order valence-electron chi connectivity index (χ1n) is 6.51. The first kappa shape index (κ1) is 13.4. The Hall–Kier alpha value is 0.310. The number of hydrogen-bond acceptors (Lipinski definition) is 2. The van der Waals surface area contributed by atoms with Crippen LogP contribution in [0.2, 0.25) is 0 Å². The predicted molar refractivity (Wildman–Crippen MR) is 71.6 cm³/mol. The van der Waals surface area contributed by atoms with E-state index >= 15 is 0 Å². The zero-order valence-electron chi connectivity index (χ0n) is 10.6. The zero-order chi connectivity index (χ0) is 11.1. The third kappa shape index (κ3) is 5.82. The van der Waals surface area contributed by atoms with Gasteiger partial charge < -0.3 is 5.32 Å². The lowest BCUT2D eigenvalue weighted by atomic mass is 9.91. The Bertz CT molecular complexity index is 161. The molecule has 0 aromatic heterocycles. The molecule has 0 aromatic carbocycles. The Morgan fingerprint density at radius 3 is 2.87 bits per heavy atom. The molecule has 0 bridgehead atoms. The van der Waals surface area contributed by atoms with E-state index in [1.807, 2.05) is 0 Å². The fourth-order valence-corrected chi connectivity index (χ4v) is 3.78. The Balaban J connectivity index is 1.99. The molecule has 1 N–H and O–H groups in total. The fraction of sp³-hybridized carbons (Fsp3) is 1.00. The van der Waals surface area contributed by atoms with E-state index in [-0.39, 0.29) is 0 Å². The molecule has 1 rings (SSSR count). The molecule has 0 amide bonds. The van der Waals surface area contributed by atoms with Gasteiger partial charge in [-0.15, -0.1) is 0 Å². The topological polar surface area (TPSA) is 12.0 Å². The second-order valence-corrected chi connectivity index (χ2v) is 6.50. The SMILES string of the molecule is CNC(C)CCCSC1CCCC(C)C1. The number of thioether (sulfide) groups is 1. The van der Waals surface area contributed by atoms with Crippen LogP contribution >= 0.6 is 11.8 Å². The van der Waals surface area contributed by atoms with Gasteiger partial charge in [0.2, 0.25) is 0 Å². The molecule has 3 atom stereocenters. The molecule has 0 heterocycles. The molecule has 3 unspecified atom stereocenters. The van der Waals surface area contributed by atoms with Crippen molar-refractivity contribution in [3.8, 4) is 0 Å². The number of rotatable bonds is 6. The van der Waals surface area contributed by atoms with Gasteiger partial charge in [-0.05, 0) is 51.3 Å². The summed E-state index contributed by atoms with van der Waals surface area (Å²) in [5, 5.41) is 4.27. The van der Waals surface area contributed by atoms with E-state index in [0.717, 1.165) is 11.2 Å². The molecule has 1 nitrogen and oxygen atoms in total. The Morgan fingerprint density at radius 1 is 1.40 bits per heavy atom. The van der Waals surface area contributed by atoms with Crippen molar-refractivity contribution < 1.29 is 0 Å². The van der Waals surface area contributed by atoms with Crippen molar-refractivity contribution in [2.75, 3.05) is 12.8 Å². The van der Waals surface area contributed by atoms with Gasteiger partial charge in [-0.1, -0.05) is 19.8 Å². The summed E-state index contributed by atoms with van der Waals surface area (Å²) in [6.45, 7) is 4.68. The standard InChI is InChI=1S/C13H27NS/c1-11-6-4-8-13(10-11)15-9-5-7-12(2)14-3/h11-14H,4-10H2,1-3H3. The highest BCUT2D eigenvalue weighted by Crippen LogP contribution is 2.32. The van der Waals surface area contributed by atoms with E-state index < -0.39 is 0 Å². The van der Waals surface area contributed by atoms with Crippen molar-refractivity contribution in [3.05, 3.63) is 0 Å². The minimum atomic E-state index is 0.691. The molecule has 1 aliphatic rings. The summed E-state index contributed by atoms with van der Waals surface area (Å²) in [5.41, 5.74) is 0. The van der Waals surface area contributed by atoms with Crippen LogP contribution in [0.1, 0.15) is 52.4 Å². The lowest BCUT2D eigenvalue weighted by Crippen LogP contribution is -2.21. The maximum Gasteiger partial charge on any atom is 0.00495 e.